The summed E-state index contributed by atoms with van der Waals surface area (Å²) in [7, 11) is 0. The standard InChI is InChI=1S/C12H19BrO4/c1-3-8(13)9-4-5-10-11(6-7(2)15-9)17-12(14)16-10/h7-11H,3-6H2,1-2H3/t7-,8+,9+,10-,11+/m1/s1. The zero-order valence-electron chi connectivity index (χ0n) is 10.2. The Morgan fingerprint density at radius 1 is 1.35 bits per heavy atom. The van der Waals surface area contributed by atoms with Crippen molar-refractivity contribution in [3.05, 3.63) is 0 Å². The molecule has 2 fully saturated rings. The molecule has 0 unspecified atom stereocenters. The van der Waals surface area contributed by atoms with Gasteiger partial charge in [0, 0.05) is 11.2 Å². The molecule has 4 nitrogen and oxygen atoms in total. The predicted octanol–water partition coefficient (Wildman–Crippen LogP) is 3.02. The van der Waals surface area contributed by atoms with E-state index < -0.39 is 6.16 Å². The van der Waals surface area contributed by atoms with E-state index in [2.05, 4.69) is 22.9 Å². The summed E-state index contributed by atoms with van der Waals surface area (Å²) >= 11 is 3.65. The summed E-state index contributed by atoms with van der Waals surface area (Å²) in [6.45, 7) is 4.16. The van der Waals surface area contributed by atoms with Crippen molar-refractivity contribution in [3.63, 3.8) is 0 Å². The number of hydrogen-bond donors (Lipinski definition) is 0. The maximum atomic E-state index is 11.1. The first kappa shape index (κ1) is 13.1. The molecule has 0 radical (unpaired) electrons. The number of rotatable bonds is 2. The minimum Gasteiger partial charge on any atom is -0.427 e. The molecule has 2 saturated heterocycles. The van der Waals surface area contributed by atoms with Crippen molar-refractivity contribution in [1.29, 1.82) is 0 Å². The van der Waals surface area contributed by atoms with Gasteiger partial charge in [0.15, 0.2) is 0 Å². The van der Waals surface area contributed by atoms with Crippen LogP contribution in [0.25, 0.3) is 0 Å². The number of carbonyl (C=O) groups excluding carboxylic acids is 1. The molecule has 0 amide bonds. The summed E-state index contributed by atoms with van der Waals surface area (Å²) in [4.78, 5) is 11.5. The molecular weight excluding hydrogens is 288 g/mol. The average molecular weight is 307 g/mol. The largest absolute Gasteiger partial charge is 0.509 e. The highest BCUT2D eigenvalue weighted by atomic mass is 79.9. The van der Waals surface area contributed by atoms with Crippen LogP contribution in [0.15, 0.2) is 0 Å². The molecule has 17 heavy (non-hydrogen) atoms. The van der Waals surface area contributed by atoms with Crippen LogP contribution in [0.5, 0.6) is 0 Å². The van der Waals surface area contributed by atoms with Crippen molar-refractivity contribution in [1.82, 2.24) is 0 Å². The fourth-order valence-electron chi connectivity index (χ4n) is 2.48. The van der Waals surface area contributed by atoms with Gasteiger partial charge >= 0.3 is 6.16 Å². The second kappa shape index (κ2) is 5.57. The third-order valence-electron chi connectivity index (χ3n) is 3.41. The molecule has 0 bridgehead atoms. The van der Waals surface area contributed by atoms with Gasteiger partial charge in [0.25, 0.3) is 0 Å². The van der Waals surface area contributed by atoms with Crippen LogP contribution < -0.4 is 0 Å². The van der Waals surface area contributed by atoms with Crippen LogP contribution in [0.2, 0.25) is 0 Å². The van der Waals surface area contributed by atoms with Gasteiger partial charge in [-0.1, -0.05) is 22.9 Å². The summed E-state index contributed by atoms with van der Waals surface area (Å²) in [6.07, 6.45) is 2.99. The Morgan fingerprint density at radius 3 is 2.76 bits per heavy atom. The molecule has 0 aromatic rings. The lowest BCUT2D eigenvalue weighted by atomic mass is 9.97. The Balaban J connectivity index is 2.00. The first-order valence-corrected chi connectivity index (χ1v) is 7.18. The molecular formula is C12H19BrO4. The van der Waals surface area contributed by atoms with Crippen LogP contribution in [0, 0.1) is 0 Å². The highest BCUT2D eigenvalue weighted by Crippen LogP contribution is 2.30. The molecule has 5 atom stereocenters. The van der Waals surface area contributed by atoms with E-state index in [4.69, 9.17) is 14.2 Å². The Morgan fingerprint density at radius 2 is 2.06 bits per heavy atom. The first-order valence-electron chi connectivity index (χ1n) is 6.27. The fraction of sp³-hybridized carbons (Fsp3) is 0.917. The second-order valence-corrected chi connectivity index (χ2v) is 5.96. The fourth-order valence-corrected chi connectivity index (χ4v) is 2.87. The molecule has 2 heterocycles. The van der Waals surface area contributed by atoms with E-state index >= 15 is 0 Å². The molecule has 0 N–H and O–H groups in total. The topological polar surface area (TPSA) is 44.8 Å². The number of hydrogen-bond acceptors (Lipinski definition) is 4. The molecule has 2 aliphatic rings. The van der Waals surface area contributed by atoms with Crippen molar-refractivity contribution in [2.45, 2.75) is 68.8 Å². The van der Waals surface area contributed by atoms with Crippen LogP contribution in [-0.2, 0) is 14.2 Å². The number of carbonyl (C=O) groups is 1. The van der Waals surface area contributed by atoms with Gasteiger partial charge in [-0.15, -0.1) is 0 Å². The molecule has 0 spiro atoms. The summed E-state index contributed by atoms with van der Waals surface area (Å²) in [5.74, 6) is 0. The first-order chi connectivity index (χ1) is 8.10. The van der Waals surface area contributed by atoms with Crippen LogP contribution in [-0.4, -0.2) is 35.4 Å². The third kappa shape index (κ3) is 3.13. The monoisotopic (exact) mass is 306 g/mol. The van der Waals surface area contributed by atoms with Crippen molar-refractivity contribution in [2.24, 2.45) is 0 Å². The van der Waals surface area contributed by atoms with Crippen LogP contribution in [0.1, 0.15) is 39.5 Å². The van der Waals surface area contributed by atoms with E-state index in [9.17, 15) is 4.79 Å². The van der Waals surface area contributed by atoms with Gasteiger partial charge in [-0.05, 0) is 26.2 Å². The normalized spacial score (nSPS) is 39.6. The second-order valence-electron chi connectivity index (χ2n) is 4.79. The average Bonchev–Trinajstić information content (AvgIpc) is 2.60. The molecule has 0 aromatic heterocycles. The van der Waals surface area contributed by atoms with Crippen molar-refractivity contribution < 1.29 is 19.0 Å². The zero-order valence-corrected chi connectivity index (χ0v) is 11.8. The molecule has 0 aliphatic carbocycles. The summed E-state index contributed by atoms with van der Waals surface area (Å²) in [5.41, 5.74) is 0. The van der Waals surface area contributed by atoms with Gasteiger partial charge in [0.2, 0.25) is 0 Å². The number of fused-ring (bicyclic) bond motifs is 1. The summed E-state index contributed by atoms with van der Waals surface area (Å²) in [6, 6.07) is 0. The summed E-state index contributed by atoms with van der Waals surface area (Å²) in [5, 5.41) is 0. The van der Waals surface area contributed by atoms with Crippen molar-refractivity contribution in [3.8, 4) is 0 Å². The predicted molar refractivity (Wildman–Crippen MR) is 66.3 cm³/mol. The Bertz CT molecular complexity index is 284. The van der Waals surface area contributed by atoms with E-state index in [1.54, 1.807) is 0 Å². The lowest BCUT2D eigenvalue weighted by molar-refractivity contribution is -0.0510. The molecule has 2 aliphatic heterocycles. The Hall–Kier alpha value is -0.290. The Kier molecular flexibility index (Phi) is 4.31. The maximum Gasteiger partial charge on any atom is 0.509 e. The quantitative estimate of drug-likeness (QED) is 0.581. The van der Waals surface area contributed by atoms with Crippen LogP contribution in [0.3, 0.4) is 0 Å². The van der Waals surface area contributed by atoms with Crippen LogP contribution >= 0.6 is 15.9 Å². The van der Waals surface area contributed by atoms with Gasteiger partial charge in [-0.25, -0.2) is 4.79 Å². The van der Waals surface area contributed by atoms with Gasteiger partial charge in [0.05, 0.1) is 12.2 Å². The maximum absolute atomic E-state index is 11.1. The minimum atomic E-state index is -0.531. The van der Waals surface area contributed by atoms with Gasteiger partial charge in [-0.3, -0.25) is 0 Å². The molecule has 2 rings (SSSR count). The third-order valence-corrected chi connectivity index (χ3v) is 4.65. The Labute approximate surface area is 110 Å². The number of halogens is 1. The van der Waals surface area contributed by atoms with E-state index in [0.29, 0.717) is 4.83 Å². The molecule has 0 saturated carbocycles. The summed E-state index contributed by atoms with van der Waals surface area (Å²) < 4.78 is 16.3. The van der Waals surface area contributed by atoms with Crippen LogP contribution in [0.4, 0.5) is 4.79 Å². The van der Waals surface area contributed by atoms with E-state index in [0.717, 1.165) is 25.7 Å². The van der Waals surface area contributed by atoms with E-state index in [1.165, 1.54) is 0 Å². The highest BCUT2D eigenvalue weighted by Gasteiger charge is 2.40. The lowest BCUT2D eigenvalue weighted by Gasteiger charge is -2.31. The van der Waals surface area contributed by atoms with Gasteiger partial charge in [-0.2, -0.15) is 0 Å². The van der Waals surface area contributed by atoms with Crippen molar-refractivity contribution >= 4 is 22.1 Å². The molecule has 0 aromatic carbocycles. The minimum absolute atomic E-state index is 0.0899. The lowest BCUT2D eigenvalue weighted by Crippen LogP contribution is -2.37. The zero-order chi connectivity index (χ0) is 12.4. The smallest absolute Gasteiger partial charge is 0.427 e. The SMILES string of the molecule is CC[C@H](Br)[C@@H]1CC[C@H]2OC(=O)O[C@H]2C[C@@H](C)O1. The number of ether oxygens (including phenoxy) is 3. The van der Waals surface area contributed by atoms with E-state index in [1.807, 2.05) is 6.92 Å². The molecule has 5 heteroatoms. The highest BCUT2D eigenvalue weighted by molar-refractivity contribution is 9.09. The van der Waals surface area contributed by atoms with Gasteiger partial charge in [0.1, 0.15) is 12.2 Å². The molecule has 98 valence electrons. The van der Waals surface area contributed by atoms with Crippen molar-refractivity contribution in [2.75, 3.05) is 0 Å². The van der Waals surface area contributed by atoms with Gasteiger partial charge < -0.3 is 14.2 Å². The van der Waals surface area contributed by atoms with E-state index in [-0.39, 0.29) is 24.4 Å². The number of alkyl halides is 1.